The molecular formula is C21H25NO3S2. The Morgan fingerprint density at radius 1 is 1.00 bits per heavy atom. The van der Waals surface area contributed by atoms with E-state index in [0.717, 1.165) is 17.7 Å². The maximum Gasteiger partial charge on any atom is 0.327 e. The zero-order valence-corrected chi connectivity index (χ0v) is 16.8. The zero-order chi connectivity index (χ0) is 19.5. The minimum absolute atomic E-state index is 0.259. The van der Waals surface area contributed by atoms with Gasteiger partial charge >= 0.3 is 5.97 Å². The Labute approximate surface area is 170 Å². The minimum Gasteiger partial charge on any atom is -0.480 e. The van der Waals surface area contributed by atoms with Crippen LogP contribution in [0.4, 0.5) is 0 Å². The molecule has 144 valence electrons. The summed E-state index contributed by atoms with van der Waals surface area (Å²) < 4.78 is 0. The first-order chi connectivity index (χ1) is 13.1. The molecule has 4 nitrogen and oxygen atoms in total. The summed E-state index contributed by atoms with van der Waals surface area (Å²) in [4.78, 5) is 24.0. The van der Waals surface area contributed by atoms with E-state index in [9.17, 15) is 14.7 Å². The quantitative estimate of drug-likeness (QED) is 0.398. The van der Waals surface area contributed by atoms with E-state index in [-0.39, 0.29) is 11.8 Å². The molecule has 0 bridgehead atoms. The lowest BCUT2D eigenvalue weighted by molar-refractivity contribution is -0.141. The Bertz CT molecular complexity index is 710. The number of amides is 1. The lowest BCUT2D eigenvalue weighted by Gasteiger charge is -2.19. The number of hydrogen-bond donors (Lipinski definition) is 3. The Kier molecular flexibility index (Phi) is 9.28. The Morgan fingerprint density at radius 3 is 2.15 bits per heavy atom. The molecule has 0 saturated carbocycles. The molecule has 1 unspecified atom stereocenters. The zero-order valence-electron chi connectivity index (χ0n) is 15.1. The van der Waals surface area contributed by atoms with Gasteiger partial charge in [0, 0.05) is 11.5 Å². The first-order valence-electron chi connectivity index (χ1n) is 8.89. The standard InChI is InChI=1S/C21H25NO3S2/c23-20(18(14-26)13-17-9-5-2-6-10-17)22-19(21(24)25)15-27-12-11-16-7-3-1-4-8-16/h1-10,18-19,26H,11-15H2,(H,22,23)(H,24,25)/t18?,19-/m0/s1. The Morgan fingerprint density at radius 2 is 1.59 bits per heavy atom. The van der Waals surface area contributed by atoms with Gasteiger partial charge < -0.3 is 10.4 Å². The summed E-state index contributed by atoms with van der Waals surface area (Å²) in [6.45, 7) is 0. The molecule has 2 N–H and O–H groups in total. The predicted octanol–water partition coefficient (Wildman–Crippen LogP) is 3.32. The summed E-state index contributed by atoms with van der Waals surface area (Å²) >= 11 is 5.81. The molecule has 0 heterocycles. The van der Waals surface area contributed by atoms with Crippen LogP contribution in [0.3, 0.4) is 0 Å². The van der Waals surface area contributed by atoms with E-state index in [2.05, 4.69) is 30.1 Å². The summed E-state index contributed by atoms with van der Waals surface area (Å²) in [7, 11) is 0. The highest BCUT2D eigenvalue weighted by Gasteiger charge is 2.24. The van der Waals surface area contributed by atoms with Gasteiger partial charge in [0.05, 0.1) is 5.92 Å². The third-order valence-corrected chi connectivity index (χ3v) is 5.70. The highest BCUT2D eigenvalue weighted by atomic mass is 32.2. The second-order valence-electron chi connectivity index (χ2n) is 6.28. The van der Waals surface area contributed by atoms with E-state index in [0.29, 0.717) is 17.9 Å². The number of nitrogens with one attached hydrogen (secondary N) is 1. The van der Waals surface area contributed by atoms with Crippen LogP contribution < -0.4 is 5.32 Å². The fraction of sp³-hybridized carbons (Fsp3) is 0.333. The van der Waals surface area contributed by atoms with E-state index >= 15 is 0 Å². The first-order valence-corrected chi connectivity index (χ1v) is 10.7. The fourth-order valence-electron chi connectivity index (χ4n) is 2.64. The number of carboxylic acids is 1. The molecule has 0 aliphatic carbocycles. The molecule has 0 radical (unpaired) electrons. The van der Waals surface area contributed by atoms with Crippen molar-refractivity contribution in [2.45, 2.75) is 18.9 Å². The average Bonchev–Trinajstić information content (AvgIpc) is 2.69. The third kappa shape index (κ3) is 7.69. The van der Waals surface area contributed by atoms with Crippen molar-refractivity contribution < 1.29 is 14.7 Å². The molecule has 6 heteroatoms. The largest absolute Gasteiger partial charge is 0.480 e. The van der Waals surface area contributed by atoms with Crippen molar-refractivity contribution in [1.82, 2.24) is 5.32 Å². The van der Waals surface area contributed by atoms with E-state index in [4.69, 9.17) is 0 Å². The summed E-state index contributed by atoms with van der Waals surface area (Å²) in [5.41, 5.74) is 2.26. The van der Waals surface area contributed by atoms with Crippen molar-refractivity contribution in [2.24, 2.45) is 5.92 Å². The third-order valence-electron chi connectivity index (χ3n) is 4.19. The van der Waals surface area contributed by atoms with Gasteiger partial charge in [-0.25, -0.2) is 4.79 Å². The van der Waals surface area contributed by atoms with Gasteiger partial charge in [0.25, 0.3) is 0 Å². The smallest absolute Gasteiger partial charge is 0.327 e. The number of carboxylic acid groups (broad SMARTS) is 1. The molecule has 0 fully saturated rings. The number of benzene rings is 2. The van der Waals surface area contributed by atoms with E-state index in [1.54, 1.807) is 0 Å². The number of thiol groups is 1. The number of hydrogen-bond acceptors (Lipinski definition) is 4. The van der Waals surface area contributed by atoms with Crippen LogP contribution in [0.2, 0.25) is 0 Å². The summed E-state index contributed by atoms with van der Waals surface area (Å²) in [6, 6.07) is 18.8. The van der Waals surface area contributed by atoms with Crippen molar-refractivity contribution in [1.29, 1.82) is 0 Å². The van der Waals surface area contributed by atoms with Crippen molar-refractivity contribution >= 4 is 36.3 Å². The Hall–Kier alpha value is -1.92. The normalized spacial score (nSPS) is 12.9. The van der Waals surface area contributed by atoms with E-state index in [1.165, 1.54) is 17.3 Å². The first kappa shape index (κ1) is 21.4. The topological polar surface area (TPSA) is 66.4 Å². The predicted molar refractivity (Wildman–Crippen MR) is 115 cm³/mol. The summed E-state index contributed by atoms with van der Waals surface area (Å²) in [5.74, 6) is -0.0961. The number of carbonyl (C=O) groups excluding carboxylic acids is 1. The van der Waals surface area contributed by atoms with Crippen LogP contribution >= 0.6 is 24.4 Å². The van der Waals surface area contributed by atoms with Crippen LogP contribution in [0.1, 0.15) is 11.1 Å². The van der Waals surface area contributed by atoms with Crippen molar-refractivity contribution in [3.8, 4) is 0 Å². The molecule has 27 heavy (non-hydrogen) atoms. The van der Waals surface area contributed by atoms with Gasteiger partial charge in [-0.1, -0.05) is 60.7 Å². The number of thioether (sulfide) groups is 1. The average molecular weight is 404 g/mol. The van der Waals surface area contributed by atoms with Crippen molar-refractivity contribution in [2.75, 3.05) is 17.3 Å². The van der Waals surface area contributed by atoms with Gasteiger partial charge in [-0.15, -0.1) is 0 Å². The van der Waals surface area contributed by atoms with Gasteiger partial charge in [0.1, 0.15) is 6.04 Å². The van der Waals surface area contributed by atoms with Crippen LogP contribution in [0.25, 0.3) is 0 Å². The van der Waals surface area contributed by atoms with Gasteiger partial charge in [-0.2, -0.15) is 24.4 Å². The maximum atomic E-state index is 12.5. The fourth-order valence-corrected chi connectivity index (χ4v) is 3.94. The highest BCUT2D eigenvalue weighted by molar-refractivity contribution is 7.99. The molecule has 0 spiro atoms. The maximum absolute atomic E-state index is 12.5. The number of carbonyl (C=O) groups is 2. The van der Waals surface area contributed by atoms with Gasteiger partial charge in [0.15, 0.2) is 0 Å². The van der Waals surface area contributed by atoms with E-state index in [1.807, 2.05) is 48.5 Å². The van der Waals surface area contributed by atoms with Crippen LogP contribution in [-0.2, 0) is 22.4 Å². The highest BCUT2D eigenvalue weighted by Crippen LogP contribution is 2.13. The molecule has 2 aromatic rings. The van der Waals surface area contributed by atoms with Crippen molar-refractivity contribution in [3.63, 3.8) is 0 Å². The Balaban J connectivity index is 1.82. The van der Waals surface area contributed by atoms with Crippen LogP contribution in [0.15, 0.2) is 60.7 Å². The lowest BCUT2D eigenvalue weighted by atomic mass is 10.00. The molecule has 0 aliphatic rings. The van der Waals surface area contributed by atoms with Gasteiger partial charge in [-0.05, 0) is 29.7 Å². The van der Waals surface area contributed by atoms with Gasteiger partial charge in [-0.3, -0.25) is 4.79 Å². The van der Waals surface area contributed by atoms with Crippen molar-refractivity contribution in [3.05, 3.63) is 71.8 Å². The molecule has 2 atom stereocenters. The number of aliphatic carboxylic acids is 1. The molecule has 1 amide bonds. The molecule has 0 saturated heterocycles. The lowest BCUT2D eigenvalue weighted by Crippen LogP contribution is -2.46. The van der Waals surface area contributed by atoms with Crippen LogP contribution in [0, 0.1) is 5.92 Å². The minimum atomic E-state index is -1.01. The summed E-state index contributed by atoms with van der Waals surface area (Å²) in [6.07, 6.45) is 1.42. The van der Waals surface area contributed by atoms with E-state index < -0.39 is 12.0 Å². The molecule has 0 aromatic heterocycles. The monoisotopic (exact) mass is 403 g/mol. The molecule has 0 aliphatic heterocycles. The molecule has 2 aromatic carbocycles. The van der Waals surface area contributed by atoms with Crippen LogP contribution in [0.5, 0.6) is 0 Å². The number of rotatable bonds is 11. The SMILES string of the molecule is O=C(N[C@@H](CSCCc1ccccc1)C(=O)O)C(CS)Cc1ccccc1. The van der Waals surface area contributed by atoms with Gasteiger partial charge in [0.2, 0.25) is 5.91 Å². The second kappa shape index (κ2) is 11.7. The second-order valence-corrected chi connectivity index (χ2v) is 7.79. The van der Waals surface area contributed by atoms with Crippen LogP contribution in [-0.4, -0.2) is 40.3 Å². The number of aryl methyl sites for hydroxylation is 1. The molecular weight excluding hydrogens is 378 g/mol. The summed E-state index contributed by atoms with van der Waals surface area (Å²) in [5, 5.41) is 12.1. The molecule has 2 rings (SSSR count).